The van der Waals surface area contributed by atoms with Crippen LogP contribution in [0.2, 0.25) is 0 Å². The molecule has 0 aromatic carbocycles. The number of carbonyl (C=O) groups is 2. The van der Waals surface area contributed by atoms with E-state index in [0.717, 1.165) is 30.0 Å². The number of fused-ring (bicyclic) bond motifs is 1. The highest BCUT2D eigenvalue weighted by molar-refractivity contribution is 8.03. The molecule has 2 fully saturated rings. The van der Waals surface area contributed by atoms with Gasteiger partial charge in [0.05, 0.1) is 23.3 Å². The van der Waals surface area contributed by atoms with Crippen LogP contribution in [0, 0.1) is 11.8 Å². The molecule has 0 radical (unpaired) electrons. The molecule has 0 bridgehead atoms. The lowest BCUT2D eigenvalue weighted by molar-refractivity contribution is -0.732. The smallest absolute Gasteiger partial charge is 0.353 e. The highest BCUT2D eigenvalue weighted by atomic mass is 32.2. The topological polar surface area (TPSA) is 112 Å². The van der Waals surface area contributed by atoms with Crippen LogP contribution in [-0.2, 0) is 30.1 Å². The van der Waals surface area contributed by atoms with Crippen LogP contribution in [0.4, 0.5) is 0 Å². The molecule has 1 aromatic heterocycles. The number of nitrogens with one attached hydrogen (secondary N) is 1. The van der Waals surface area contributed by atoms with Gasteiger partial charge in [-0.15, -0.1) is 21.1 Å². The second kappa shape index (κ2) is 7.41. The van der Waals surface area contributed by atoms with Gasteiger partial charge in [0, 0.05) is 35.1 Å². The fraction of sp³-hybridized carbons (Fsp3) is 0.684. The van der Waals surface area contributed by atoms with Crippen molar-refractivity contribution in [1.82, 2.24) is 20.1 Å². The number of aryl methyl sites for hydroxylation is 2. The van der Waals surface area contributed by atoms with E-state index in [1.165, 1.54) is 4.90 Å². The summed E-state index contributed by atoms with van der Waals surface area (Å²) in [5, 5.41) is 27.8. The van der Waals surface area contributed by atoms with Crippen molar-refractivity contribution in [3.05, 3.63) is 22.5 Å². The molecule has 29 heavy (non-hydrogen) atoms. The van der Waals surface area contributed by atoms with E-state index in [0.29, 0.717) is 6.04 Å². The summed E-state index contributed by atoms with van der Waals surface area (Å²) in [6.45, 7) is 4.36. The Morgan fingerprint density at radius 1 is 1.52 bits per heavy atom. The lowest BCUT2D eigenvalue weighted by Gasteiger charge is -2.46. The maximum Gasteiger partial charge on any atom is 0.353 e. The minimum absolute atomic E-state index is 0.0847. The summed E-state index contributed by atoms with van der Waals surface area (Å²) >= 11 is 1.58. The van der Waals surface area contributed by atoms with Gasteiger partial charge in [0.25, 0.3) is 0 Å². The normalized spacial score (nSPS) is 32.5. The van der Waals surface area contributed by atoms with E-state index < -0.39 is 18.0 Å². The molecule has 6 atom stereocenters. The van der Waals surface area contributed by atoms with E-state index in [1.807, 2.05) is 31.9 Å². The fourth-order valence-electron chi connectivity index (χ4n) is 4.92. The third kappa shape index (κ3) is 3.36. The first kappa shape index (κ1) is 20.4. The van der Waals surface area contributed by atoms with Gasteiger partial charge in [-0.1, -0.05) is 6.92 Å². The lowest BCUT2D eigenvalue weighted by atomic mass is 9.79. The summed E-state index contributed by atoms with van der Waals surface area (Å²) in [5.41, 5.74) is 1.25. The van der Waals surface area contributed by atoms with Gasteiger partial charge in [-0.05, 0) is 13.3 Å². The van der Waals surface area contributed by atoms with Crippen molar-refractivity contribution < 1.29 is 24.5 Å². The quantitative estimate of drug-likeness (QED) is 0.415. The molecule has 158 valence electrons. The zero-order chi connectivity index (χ0) is 21.0. The largest absolute Gasteiger partial charge is 0.477 e. The maximum absolute atomic E-state index is 12.5. The van der Waals surface area contributed by atoms with E-state index >= 15 is 0 Å². The minimum Gasteiger partial charge on any atom is -0.477 e. The molecule has 0 unspecified atom stereocenters. The Balaban J connectivity index is 1.47. The van der Waals surface area contributed by atoms with Gasteiger partial charge < -0.3 is 20.4 Å². The second-order valence-corrected chi connectivity index (χ2v) is 9.71. The number of amides is 1. The number of aromatic nitrogens is 3. The van der Waals surface area contributed by atoms with Crippen LogP contribution in [0.15, 0.2) is 16.8 Å². The van der Waals surface area contributed by atoms with Crippen molar-refractivity contribution in [2.24, 2.45) is 25.9 Å². The molecule has 3 N–H and O–H groups in total. The Morgan fingerprint density at radius 2 is 2.24 bits per heavy atom. The first-order valence-corrected chi connectivity index (χ1v) is 10.8. The predicted molar refractivity (Wildman–Crippen MR) is 106 cm³/mol. The molecule has 1 amide bonds. The SMILES string of the molecule is C[C@@H](O)[C@H]1C(=O)N2C(C(=O)O)=C(S[C@@H]3CN[C@H](Cc4c[n+](C)nn4C)C3)[C@H](C)[C@H]12. The van der Waals surface area contributed by atoms with E-state index in [-0.39, 0.29) is 28.8 Å². The van der Waals surface area contributed by atoms with Gasteiger partial charge >= 0.3 is 5.97 Å². The molecule has 0 aliphatic carbocycles. The molecule has 9 nitrogen and oxygen atoms in total. The summed E-state index contributed by atoms with van der Waals surface area (Å²) in [5.74, 6) is -1.95. The first-order valence-electron chi connectivity index (χ1n) is 9.96. The van der Waals surface area contributed by atoms with E-state index in [2.05, 4.69) is 10.5 Å². The minimum atomic E-state index is -1.07. The monoisotopic (exact) mass is 422 g/mol. The highest BCUT2D eigenvalue weighted by Crippen LogP contribution is 2.51. The van der Waals surface area contributed by atoms with E-state index in [9.17, 15) is 19.8 Å². The Hall–Kier alpha value is -1.91. The van der Waals surface area contributed by atoms with Gasteiger partial charge in [-0.2, -0.15) is 0 Å². The van der Waals surface area contributed by atoms with Crippen LogP contribution in [0.1, 0.15) is 26.0 Å². The maximum atomic E-state index is 12.5. The summed E-state index contributed by atoms with van der Waals surface area (Å²) in [7, 11) is 3.83. The number of hydrogen-bond donors (Lipinski definition) is 3. The second-order valence-electron chi connectivity index (χ2n) is 8.36. The molecule has 10 heteroatoms. The number of carboxylic acid groups (broad SMARTS) is 1. The number of aliphatic hydroxyl groups is 1. The number of carbonyl (C=O) groups excluding carboxylic acids is 1. The van der Waals surface area contributed by atoms with Gasteiger partial charge in [0.2, 0.25) is 5.91 Å². The average molecular weight is 423 g/mol. The van der Waals surface area contributed by atoms with Crippen molar-refractivity contribution in [2.45, 2.75) is 50.1 Å². The Bertz CT molecular complexity index is 882. The van der Waals surface area contributed by atoms with Gasteiger partial charge in [-0.3, -0.25) is 4.79 Å². The molecule has 1 aromatic rings. The van der Waals surface area contributed by atoms with Crippen molar-refractivity contribution in [3.8, 4) is 0 Å². The molecular formula is C19H28N5O4S+. The lowest BCUT2D eigenvalue weighted by Crippen LogP contribution is -2.63. The van der Waals surface area contributed by atoms with Crippen LogP contribution in [0.5, 0.6) is 0 Å². The summed E-state index contributed by atoms with van der Waals surface area (Å²) < 4.78 is 3.67. The summed E-state index contributed by atoms with van der Waals surface area (Å²) in [4.78, 5) is 26.5. The van der Waals surface area contributed by atoms with Crippen LogP contribution in [-0.4, -0.2) is 66.9 Å². The van der Waals surface area contributed by atoms with Crippen molar-refractivity contribution >= 4 is 23.6 Å². The number of aliphatic carboxylic acids is 1. The Labute approximate surface area is 173 Å². The van der Waals surface area contributed by atoms with Crippen molar-refractivity contribution in [1.29, 1.82) is 0 Å². The van der Waals surface area contributed by atoms with Crippen LogP contribution in [0.3, 0.4) is 0 Å². The molecule has 4 heterocycles. The molecule has 4 rings (SSSR count). The van der Waals surface area contributed by atoms with Gasteiger partial charge in [0.15, 0.2) is 11.9 Å². The molecule has 3 aliphatic heterocycles. The number of β-lactam (4-membered cyclic amide) rings is 1. The van der Waals surface area contributed by atoms with Crippen LogP contribution < -0.4 is 10.00 Å². The molecule has 0 saturated carbocycles. The number of rotatable bonds is 6. The third-order valence-corrected chi connectivity index (χ3v) is 7.78. The predicted octanol–water partition coefficient (Wildman–Crippen LogP) is -0.595. The zero-order valence-electron chi connectivity index (χ0n) is 17.1. The van der Waals surface area contributed by atoms with Gasteiger partial charge in [-0.25, -0.2) is 4.79 Å². The molecule has 3 aliphatic rings. The zero-order valence-corrected chi connectivity index (χ0v) is 17.9. The van der Waals surface area contributed by atoms with Crippen LogP contribution in [0.25, 0.3) is 0 Å². The van der Waals surface area contributed by atoms with Crippen LogP contribution >= 0.6 is 11.8 Å². The summed E-state index contributed by atoms with van der Waals surface area (Å²) in [6, 6.07) is 0.0491. The van der Waals surface area contributed by atoms with E-state index in [4.69, 9.17) is 0 Å². The van der Waals surface area contributed by atoms with Crippen molar-refractivity contribution in [2.75, 3.05) is 6.54 Å². The average Bonchev–Trinajstić information content (AvgIpc) is 3.26. The standard InChI is InChI=1S/C19H27N5O4S/c1-9-15-14(10(2)25)18(26)24(15)16(19(27)28)17(9)29-13-6-11(20-7-13)5-12-8-22(3)21-23(12)4/h8-11,13-15,20,25H,5-7H2,1-4H3/p+1/t9-,10-,11-,13+,14-,15-/m1/s1. The van der Waals surface area contributed by atoms with E-state index in [1.54, 1.807) is 23.4 Å². The molecular weight excluding hydrogens is 394 g/mol. The first-order chi connectivity index (χ1) is 13.7. The number of carboxylic acids is 1. The molecule has 2 saturated heterocycles. The number of aliphatic hydroxyl groups excluding tert-OH is 1. The molecule has 0 spiro atoms. The van der Waals surface area contributed by atoms with Gasteiger partial charge in [0.1, 0.15) is 19.8 Å². The number of nitrogens with zero attached hydrogens (tertiary/aromatic N) is 4. The fourth-order valence-corrected chi connectivity index (χ4v) is 6.44. The van der Waals surface area contributed by atoms with Crippen molar-refractivity contribution in [3.63, 3.8) is 0 Å². The number of thioether (sulfide) groups is 1. The third-order valence-electron chi connectivity index (χ3n) is 6.27. The highest BCUT2D eigenvalue weighted by Gasteiger charge is 2.60. The Morgan fingerprint density at radius 3 is 2.83 bits per heavy atom. The number of hydrogen-bond acceptors (Lipinski definition) is 6. The summed E-state index contributed by atoms with van der Waals surface area (Å²) in [6.07, 6.45) is 3.02. The Kier molecular flexibility index (Phi) is 5.20.